The monoisotopic (exact) mass is 245 g/mol. The number of ether oxygens (including phenoxy) is 1. The standard InChI is InChI=1S/C14H19N3O/c1-4-18-13-7-5-12(6-8-13)16-11(2)14-15-9-10-17(14)3/h5-11,16H,4H2,1-3H3. The Morgan fingerprint density at radius 3 is 2.61 bits per heavy atom. The number of aromatic nitrogens is 2. The van der Waals surface area contributed by atoms with Crippen LogP contribution in [0.1, 0.15) is 25.7 Å². The van der Waals surface area contributed by atoms with E-state index in [9.17, 15) is 0 Å². The second-order valence-corrected chi connectivity index (χ2v) is 4.22. The van der Waals surface area contributed by atoms with Crippen LogP contribution in [0.25, 0.3) is 0 Å². The molecule has 0 aliphatic rings. The number of nitrogens with one attached hydrogen (secondary N) is 1. The number of hydrogen-bond donors (Lipinski definition) is 1. The van der Waals surface area contributed by atoms with Crippen molar-refractivity contribution < 1.29 is 4.74 Å². The molecule has 1 aromatic carbocycles. The van der Waals surface area contributed by atoms with E-state index in [-0.39, 0.29) is 6.04 Å². The molecule has 2 aromatic rings. The molecule has 0 amide bonds. The summed E-state index contributed by atoms with van der Waals surface area (Å²) in [6.45, 7) is 4.77. The average molecular weight is 245 g/mol. The molecule has 0 radical (unpaired) electrons. The summed E-state index contributed by atoms with van der Waals surface area (Å²) in [6, 6.07) is 8.14. The van der Waals surface area contributed by atoms with Crippen LogP contribution in [-0.2, 0) is 7.05 Å². The van der Waals surface area contributed by atoms with Gasteiger partial charge in [0.25, 0.3) is 0 Å². The number of hydrogen-bond acceptors (Lipinski definition) is 3. The van der Waals surface area contributed by atoms with E-state index in [4.69, 9.17) is 4.74 Å². The molecule has 0 fully saturated rings. The SMILES string of the molecule is CCOc1ccc(NC(C)c2nccn2C)cc1. The van der Waals surface area contributed by atoms with Gasteiger partial charge in [-0.15, -0.1) is 0 Å². The van der Waals surface area contributed by atoms with Crippen LogP contribution in [0, 0.1) is 0 Å². The van der Waals surface area contributed by atoms with Gasteiger partial charge in [-0.1, -0.05) is 0 Å². The Balaban J connectivity index is 2.03. The van der Waals surface area contributed by atoms with E-state index >= 15 is 0 Å². The lowest BCUT2D eigenvalue weighted by molar-refractivity contribution is 0.340. The summed E-state index contributed by atoms with van der Waals surface area (Å²) < 4.78 is 7.43. The minimum Gasteiger partial charge on any atom is -0.494 e. The zero-order valence-electron chi connectivity index (χ0n) is 11.1. The fourth-order valence-electron chi connectivity index (χ4n) is 1.92. The number of rotatable bonds is 5. The molecule has 1 heterocycles. The zero-order chi connectivity index (χ0) is 13.0. The van der Waals surface area contributed by atoms with E-state index in [0.717, 1.165) is 17.3 Å². The molecule has 18 heavy (non-hydrogen) atoms. The van der Waals surface area contributed by atoms with Crippen LogP contribution in [-0.4, -0.2) is 16.2 Å². The quantitative estimate of drug-likeness (QED) is 0.880. The highest BCUT2D eigenvalue weighted by molar-refractivity contribution is 5.47. The van der Waals surface area contributed by atoms with Crippen molar-refractivity contribution in [3.05, 3.63) is 42.5 Å². The third-order valence-corrected chi connectivity index (χ3v) is 2.79. The van der Waals surface area contributed by atoms with Crippen molar-refractivity contribution in [3.8, 4) is 5.75 Å². The molecule has 0 saturated heterocycles. The molecule has 4 heteroatoms. The van der Waals surface area contributed by atoms with Gasteiger partial charge in [-0.05, 0) is 38.1 Å². The highest BCUT2D eigenvalue weighted by Crippen LogP contribution is 2.20. The fourth-order valence-corrected chi connectivity index (χ4v) is 1.92. The maximum atomic E-state index is 5.41. The first-order chi connectivity index (χ1) is 8.70. The van der Waals surface area contributed by atoms with Crippen molar-refractivity contribution in [2.45, 2.75) is 19.9 Å². The van der Waals surface area contributed by atoms with Gasteiger partial charge in [0.15, 0.2) is 0 Å². The van der Waals surface area contributed by atoms with Crippen LogP contribution in [0.2, 0.25) is 0 Å². The molecule has 1 unspecified atom stereocenters. The van der Waals surface area contributed by atoms with Crippen LogP contribution in [0.5, 0.6) is 5.75 Å². The molecule has 0 saturated carbocycles. The van der Waals surface area contributed by atoms with Crippen molar-refractivity contribution >= 4 is 5.69 Å². The van der Waals surface area contributed by atoms with Crippen LogP contribution in [0.4, 0.5) is 5.69 Å². The number of anilines is 1. The first-order valence-electron chi connectivity index (χ1n) is 6.17. The van der Waals surface area contributed by atoms with E-state index in [2.05, 4.69) is 17.2 Å². The molecule has 1 N–H and O–H groups in total. The van der Waals surface area contributed by atoms with Crippen molar-refractivity contribution in [1.29, 1.82) is 0 Å². The van der Waals surface area contributed by atoms with Gasteiger partial charge < -0.3 is 14.6 Å². The van der Waals surface area contributed by atoms with Crippen LogP contribution in [0.15, 0.2) is 36.7 Å². The Hall–Kier alpha value is -1.97. The van der Waals surface area contributed by atoms with Crippen LogP contribution < -0.4 is 10.1 Å². The van der Waals surface area contributed by atoms with Crippen molar-refractivity contribution in [2.75, 3.05) is 11.9 Å². The van der Waals surface area contributed by atoms with E-state index in [0.29, 0.717) is 6.61 Å². The Morgan fingerprint density at radius 2 is 2.06 bits per heavy atom. The Bertz CT molecular complexity index is 490. The normalized spacial score (nSPS) is 12.2. The maximum Gasteiger partial charge on any atom is 0.130 e. The van der Waals surface area contributed by atoms with Crippen LogP contribution in [0.3, 0.4) is 0 Å². The van der Waals surface area contributed by atoms with Gasteiger partial charge in [0.2, 0.25) is 0 Å². The largest absolute Gasteiger partial charge is 0.494 e. The highest BCUT2D eigenvalue weighted by atomic mass is 16.5. The topological polar surface area (TPSA) is 39.1 Å². The van der Waals surface area contributed by atoms with E-state index in [1.807, 2.05) is 55.2 Å². The average Bonchev–Trinajstić information content (AvgIpc) is 2.78. The van der Waals surface area contributed by atoms with Gasteiger partial charge >= 0.3 is 0 Å². The van der Waals surface area contributed by atoms with Gasteiger partial charge in [0, 0.05) is 25.1 Å². The molecule has 0 aliphatic heterocycles. The minimum atomic E-state index is 0.169. The second kappa shape index (κ2) is 5.58. The zero-order valence-corrected chi connectivity index (χ0v) is 11.1. The molecule has 0 bridgehead atoms. The second-order valence-electron chi connectivity index (χ2n) is 4.22. The summed E-state index contributed by atoms with van der Waals surface area (Å²) >= 11 is 0. The molecular formula is C14H19N3O. The minimum absolute atomic E-state index is 0.169. The van der Waals surface area contributed by atoms with E-state index in [1.54, 1.807) is 0 Å². The van der Waals surface area contributed by atoms with Crippen molar-refractivity contribution in [1.82, 2.24) is 9.55 Å². The lowest BCUT2D eigenvalue weighted by atomic mass is 10.2. The lowest BCUT2D eigenvalue weighted by Gasteiger charge is -2.15. The molecule has 1 aromatic heterocycles. The summed E-state index contributed by atoms with van der Waals surface area (Å²) in [7, 11) is 2.00. The molecule has 1 atom stereocenters. The summed E-state index contributed by atoms with van der Waals surface area (Å²) in [6.07, 6.45) is 3.76. The van der Waals surface area contributed by atoms with E-state index in [1.165, 1.54) is 0 Å². The fraction of sp³-hybridized carbons (Fsp3) is 0.357. The van der Waals surface area contributed by atoms with Crippen molar-refractivity contribution in [3.63, 3.8) is 0 Å². The first kappa shape index (κ1) is 12.5. The smallest absolute Gasteiger partial charge is 0.130 e. The molecule has 0 spiro atoms. The van der Waals surface area contributed by atoms with Gasteiger partial charge in [0.1, 0.15) is 11.6 Å². The predicted molar refractivity (Wildman–Crippen MR) is 72.9 cm³/mol. The summed E-state index contributed by atoms with van der Waals surface area (Å²) in [5.41, 5.74) is 1.06. The maximum absolute atomic E-state index is 5.41. The Morgan fingerprint density at radius 1 is 1.33 bits per heavy atom. The molecule has 0 aliphatic carbocycles. The number of imidazole rings is 1. The molecule has 96 valence electrons. The van der Waals surface area contributed by atoms with Gasteiger partial charge in [-0.3, -0.25) is 0 Å². The number of benzene rings is 1. The molecular weight excluding hydrogens is 226 g/mol. The van der Waals surface area contributed by atoms with Gasteiger partial charge in [-0.2, -0.15) is 0 Å². The summed E-state index contributed by atoms with van der Waals surface area (Å²) in [5, 5.41) is 3.42. The third-order valence-electron chi connectivity index (χ3n) is 2.79. The Labute approximate surface area is 108 Å². The summed E-state index contributed by atoms with van der Waals surface area (Å²) in [5.74, 6) is 1.91. The van der Waals surface area contributed by atoms with Gasteiger partial charge in [-0.25, -0.2) is 4.98 Å². The molecule has 4 nitrogen and oxygen atoms in total. The van der Waals surface area contributed by atoms with Crippen LogP contribution >= 0.6 is 0 Å². The number of aryl methyl sites for hydroxylation is 1. The van der Waals surface area contributed by atoms with Crippen molar-refractivity contribution in [2.24, 2.45) is 7.05 Å². The highest BCUT2D eigenvalue weighted by Gasteiger charge is 2.09. The lowest BCUT2D eigenvalue weighted by Crippen LogP contribution is -2.11. The molecule has 2 rings (SSSR count). The van der Waals surface area contributed by atoms with E-state index < -0.39 is 0 Å². The summed E-state index contributed by atoms with van der Waals surface area (Å²) in [4.78, 5) is 4.33. The predicted octanol–water partition coefficient (Wildman–Crippen LogP) is 2.99. The Kier molecular flexibility index (Phi) is 3.87. The van der Waals surface area contributed by atoms with Gasteiger partial charge in [0.05, 0.1) is 12.6 Å². The first-order valence-corrected chi connectivity index (χ1v) is 6.17. The number of nitrogens with zero attached hydrogens (tertiary/aromatic N) is 2. The third kappa shape index (κ3) is 2.83.